The molecule has 0 bridgehead atoms. The van der Waals surface area contributed by atoms with Gasteiger partial charge < -0.3 is 30.1 Å². The largest absolute Gasteiger partial charge is 0.480 e. The van der Waals surface area contributed by atoms with Crippen LogP contribution >= 0.6 is 0 Å². The maximum absolute atomic E-state index is 12.6. The minimum Gasteiger partial charge on any atom is -0.480 e. The average Bonchev–Trinajstić information content (AvgIpc) is 3.02. The minimum atomic E-state index is -1.42. The summed E-state index contributed by atoms with van der Waals surface area (Å²) in [4.78, 5) is 30.0. The van der Waals surface area contributed by atoms with Crippen molar-refractivity contribution in [2.45, 2.75) is 43.9 Å². The van der Waals surface area contributed by atoms with Gasteiger partial charge in [-0.3, -0.25) is 4.57 Å². The van der Waals surface area contributed by atoms with Crippen molar-refractivity contribution >= 4 is 11.8 Å². The Morgan fingerprint density at radius 2 is 1.93 bits per heavy atom. The van der Waals surface area contributed by atoms with Crippen molar-refractivity contribution in [3.05, 3.63) is 58.6 Å². The third kappa shape index (κ3) is 4.36. The third-order valence-electron chi connectivity index (χ3n) is 5.17. The molecule has 0 saturated carbocycles. The monoisotopic (exact) mass is 419 g/mol. The van der Waals surface area contributed by atoms with Crippen molar-refractivity contribution < 1.29 is 30.0 Å². The predicted molar refractivity (Wildman–Crippen MR) is 106 cm³/mol. The van der Waals surface area contributed by atoms with Crippen LogP contribution in [-0.2, 0) is 16.0 Å². The van der Waals surface area contributed by atoms with Crippen LogP contribution in [0.1, 0.15) is 18.7 Å². The molecule has 2 aromatic rings. The number of carboxylic acid groups (broad SMARTS) is 1. The predicted octanol–water partition coefficient (Wildman–Crippen LogP) is -0.623. The highest BCUT2D eigenvalue weighted by molar-refractivity contribution is 5.78. The van der Waals surface area contributed by atoms with Crippen LogP contribution < -0.4 is 10.6 Å². The number of aliphatic carboxylic acids is 1. The molecular formula is C20H25N3O7. The van der Waals surface area contributed by atoms with Crippen molar-refractivity contribution in [2.24, 2.45) is 0 Å². The molecule has 1 aliphatic rings. The van der Waals surface area contributed by atoms with Crippen LogP contribution in [0.4, 0.5) is 5.82 Å². The van der Waals surface area contributed by atoms with E-state index in [0.717, 1.165) is 10.1 Å². The SMILES string of the molecule is CCN(c1ccn([C@@H]2O[C@H](CO)[C@@H](O)[C@H]2O)c(=O)n1)[C@@H](Cc1ccccc1)C(=O)O. The van der Waals surface area contributed by atoms with E-state index >= 15 is 0 Å². The third-order valence-corrected chi connectivity index (χ3v) is 5.17. The Hall–Kier alpha value is -2.79. The van der Waals surface area contributed by atoms with Crippen LogP contribution in [0.3, 0.4) is 0 Å². The summed E-state index contributed by atoms with van der Waals surface area (Å²) >= 11 is 0. The fraction of sp³-hybridized carbons (Fsp3) is 0.450. The van der Waals surface area contributed by atoms with Gasteiger partial charge in [0.2, 0.25) is 0 Å². The zero-order valence-corrected chi connectivity index (χ0v) is 16.4. The number of likely N-dealkylation sites (N-methyl/N-ethyl adjacent to an activating group) is 1. The number of aliphatic hydroxyl groups is 3. The Morgan fingerprint density at radius 3 is 2.47 bits per heavy atom. The van der Waals surface area contributed by atoms with E-state index in [2.05, 4.69) is 4.98 Å². The average molecular weight is 419 g/mol. The summed E-state index contributed by atoms with van der Waals surface area (Å²) in [6.07, 6.45) is -3.44. The van der Waals surface area contributed by atoms with E-state index in [-0.39, 0.29) is 12.2 Å². The number of nitrogens with zero attached hydrogens (tertiary/aromatic N) is 3. The first-order chi connectivity index (χ1) is 14.4. The topological polar surface area (TPSA) is 145 Å². The lowest BCUT2D eigenvalue weighted by Crippen LogP contribution is -2.44. The lowest BCUT2D eigenvalue weighted by atomic mass is 10.0. The zero-order chi connectivity index (χ0) is 21.8. The number of hydrogen-bond donors (Lipinski definition) is 4. The van der Waals surface area contributed by atoms with Gasteiger partial charge in [0.1, 0.15) is 30.2 Å². The first kappa shape index (κ1) is 21.9. The molecular weight excluding hydrogens is 394 g/mol. The van der Waals surface area contributed by atoms with Gasteiger partial charge in [0, 0.05) is 19.2 Å². The molecule has 0 unspecified atom stereocenters. The Kier molecular flexibility index (Phi) is 6.83. The lowest BCUT2D eigenvalue weighted by molar-refractivity contribution is -0.138. The number of anilines is 1. The number of ether oxygens (including phenoxy) is 1. The Balaban J connectivity index is 1.87. The fourth-order valence-corrected chi connectivity index (χ4v) is 3.58. The maximum atomic E-state index is 12.6. The van der Waals surface area contributed by atoms with Crippen LogP contribution in [0.25, 0.3) is 0 Å². The highest BCUT2D eigenvalue weighted by atomic mass is 16.6. The van der Waals surface area contributed by atoms with E-state index < -0.39 is 48.8 Å². The molecule has 0 aliphatic carbocycles. The first-order valence-electron chi connectivity index (χ1n) is 9.62. The van der Waals surface area contributed by atoms with Crippen LogP contribution in [-0.4, -0.2) is 73.5 Å². The molecule has 1 fully saturated rings. The number of aromatic nitrogens is 2. The van der Waals surface area contributed by atoms with Gasteiger partial charge in [0.15, 0.2) is 6.23 Å². The van der Waals surface area contributed by atoms with E-state index in [0.29, 0.717) is 6.54 Å². The normalized spacial score (nSPS) is 24.5. The van der Waals surface area contributed by atoms with Gasteiger partial charge in [-0.05, 0) is 18.6 Å². The van der Waals surface area contributed by atoms with E-state index in [1.54, 1.807) is 6.92 Å². The molecule has 162 valence electrons. The molecule has 4 N–H and O–H groups in total. The van der Waals surface area contributed by atoms with E-state index in [9.17, 15) is 30.0 Å². The van der Waals surface area contributed by atoms with Crippen molar-refractivity contribution in [1.82, 2.24) is 9.55 Å². The number of rotatable bonds is 8. The molecule has 1 saturated heterocycles. The Morgan fingerprint density at radius 1 is 1.23 bits per heavy atom. The highest BCUT2D eigenvalue weighted by Gasteiger charge is 2.43. The Bertz CT molecular complexity index is 920. The number of benzene rings is 1. The van der Waals surface area contributed by atoms with Crippen LogP contribution in [0.15, 0.2) is 47.4 Å². The van der Waals surface area contributed by atoms with Gasteiger partial charge >= 0.3 is 11.7 Å². The number of aliphatic hydroxyl groups excluding tert-OH is 3. The van der Waals surface area contributed by atoms with Crippen molar-refractivity contribution in [2.75, 3.05) is 18.1 Å². The lowest BCUT2D eigenvalue weighted by Gasteiger charge is -2.29. The Labute approximate surface area is 172 Å². The quantitative estimate of drug-likeness (QED) is 0.440. The summed E-state index contributed by atoms with van der Waals surface area (Å²) in [5.41, 5.74) is 0.0628. The van der Waals surface area contributed by atoms with Gasteiger partial charge in [-0.1, -0.05) is 30.3 Å². The van der Waals surface area contributed by atoms with E-state index in [1.807, 2.05) is 30.3 Å². The smallest absolute Gasteiger partial charge is 0.351 e. The molecule has 0 amide bonds. The van der Waals surface area contributed by atoms with Gasteiger partial charge in [0.25, 0.3) is 0 Å². The summed E-state index contributed by atoms with van der Waals surface area (Å²) in [5.74, 6) is -0.871. The van der Waals surface area contributed by atoms with Crippen LogP contribution in [0, 0.1) is 0 Å². The molecule has 0 spiro atoms. The summed E-state index contributed by atoms with van der Waals surface area (Å²) in [7, 11) is 0. The first-order valence-corrected chi connectivity index (χ1v) is 9.62. The molecule has 3 rings (SSSR count). The molecule has 1 aromatic heterocycles. The van der Waals surface area contributed by atoms with E-state index in [1.165, 1.54) is 17.2 Å². The second-order valence-electron chi connectivity index (χ2n) is 7.03. The molecule has 10 nitrogen and oxygen atoms in total. The summed E-state index contributed by atoms with van der Waals surface area (Å²) < 4.78 is 6.37. The number of carbonyl (C=O) groups is 1. The molecule has 5 atom stereocenters. The fourth-order valence-electron chi connectivity index (χ4n) is 3.58. The second kappa shape index (κ2) is 9.35. The van der Waals surface area contributed by atoms with Crippen molar-refractivity contribution in [1.29, 1.82) is 0 Å². The molecule has 1 aliphatic heterocycles. The minimum absolute atomic E-state index is 0.175. The molecule has 0 radical (unpaired) electrons. The summed E-state index contributed by atoms with van der Waals surface area (Å²) in [6, 6.07) is 9.68. The van der Waals surface area contributed by atoms with Gasteiger partial charge in [-0.25, -0.2) is 9.59 Å². The standard InChI is InChI=1S/C20H25N3O7/c1-2-22(13(19(27)28)10-12-6-4-3-5-7-12)15-8-9-23(20(29)21-15)18-17(26)16(25)14(11-24)30-18/h3-9,13-14,16-18,24-26H,2,10-11H2,1H3,(H,27,28)/t13-,14+,16+,17+,18+/m0/s1. The molecule has 30 heavy (non-hydrogen) atoms. The van der Waals surface area contributed by atoms with Gasteiger partial charge in [-0.2, -0.15) is 4.98 Å². The molecule has 1 aromatic carbocycles. The number of hydrogen-bond acceptors (Lipinski definition) is 8. The van der Waals surface area contributed by atoms with Crippen molar-refractivity contribution in [3.63, 3.8) is 0 Å². The summed E-state index contributed by atoms with van der Waals surface area (Å²) in [6.45, 7) is 1.55. The van der Waals surface area contributed by atoms with E-state index in [4.69, 9.17) is 4.74 Å². The maximum Gasteiger partial charge on any atom is 0.351 e. The van der Waals surface area contributed by atoms with Gasteiger partial charge in [0.05, 0.1) is 6.61 Å². The van der Waals surface area contributed by atoms with Crippen LogP contribution in [0.5, 0.6) is 0 Å². The highest BCUT2D eigenvalue weighted by Crippen LogP contribution is 2.28. The molecule has 10 heteroatoms. The second-order valence-corrected chi connectivity index (χ2v) is 7.03. The van der Waals surface area contributed by atoms with Crippen LogP contribution in [0.2, 0.25) is 0 Å². The summed E-state index contributed by atoms with van der Waals surface area (Å²) in [5, 5.41) is 39.0. The van der Waals surface area contributed by atoms with Crippen molar-refractivity contribution in [3.8, 4) is 0 Å². The van der Waals surface area contributed by atoms with Gasteiger partial charge in [-0.15, -0.1) is 0 Å². The molecule has 2 heterocycles. The zero-order valence-electron chi connectivity index (χ0n) is 16.4. The number of carboxylic acids is 1.